The molecule has 0 saturated carbocycles. The van der Waals surface area contributed by atoms with Gasteiger partial charge in [0.2, 0.25) is 0 Å². The fraction of sp³-hybridized carbons (Fsp3) is 0.429. The van der Waals surface area contributed by atoms with Crippen molar-refractivity contribution in [3.8, 4) is 0 Å². The SMILES string of the molecule is CSCCc1ncc(C(=O)O)[nH]1. The molecule has 0 aliphatic rings. The van der Waals surface area contributed by atoms with Gasteiger partial charge in [-0.3, -0.25) is 0 Å². The van der Waals surface area contributed by atoms with Crippen LogP contribution in [0.3, 0.4) is 0 Å². The Kier molecular flexibility index (Phi) is 3.16. The first-order valence-electron chi connectivity index (χ1n) is 3.50. The number of hydrogen-bond acceptors (Lipinski definition) is 3. The summed E-state index contributed by atoms with van der Waals surface area (Å²) >= 11 is 1.71. The number of imidazole rings is 1. The minimum Gasteiger partial charge on any atom is -0.477 e. The Hall–Kier alpha value is -0.970. The van der Waals surface area contributed by atoms with Crippen molar-refractivity contribution >= 4 is 17.7 Å². The molecule has 0 aliphatic carbocycles. The summed E-state index contributed by atoms with van der Waals surface area (Å²) in [4.78, 5) is 17.1. The van der Waals surface area contributed by atoms with E-state index >= 15 is 0 Å². The van der Waals surface area contributed by atoms with E-state index in [0.29, 0.717) is 0 Å². The molecule has 1 aromatic rings. The van der Waals surface area contributed by atoms with Crippen molar-refractivity contribution in [3.63, 3.8) is 0 Å². The highest BCUT2D eigenvalue weighted by atomic mass is 32.2. The van der Waals surface area contributed by atoms with E-state index in [0.717, 1.165) is 18.0 Å². The molecule has 1 aromatic heterocycles. The molecule has 0 aromatic carbocycles. The Morgan fingerprint density at radius 1 is 1.83 bits per heavy atom. The van der Waals surface area contributed by atoms with Crippen LogP contribution in [0.5, 0.6) is 0 Å². The minimum absolute atomic E-state index is 0.158. The van der Waals surface area contributed by atoms with Gasteiger partial charge in [0, 0.05) is 12.2 Å². The second-order valence-electron chi connectivity index (χ2n) is 2.29. The molecule has 0 bridgehead atoms. The van der Waals surface area contributed by atoms with Crippen molar-refractivity contribution in [2.75, 3.05) is 12.0 Å². The van der Waals surface area contributed by atoms with Crippen LogP contribution in [-0.2, 0) is 6.42 Å². The predicted molar refractivity (Wildman–Crippen MR) is 47.6 cm³/mol. The Morgan fingerprint density at radius 3 is 3.08 bits per heavy atom. The van der Waals surface area contributed by atoms with E-state index in [4.69, 9.17) is 5.11 Å². The Labute approximate surface area is 74.4 Å². The summed E-state index contributed by atoms with van der Waals surface area (Å²) in [7, 11) is 0. The van der Waals surface area contributed by atoms with E-state index in [2.05, 4.69) is 9.97 Å². The lowest BCUT2D eigenvalue weighted by Gasteiger charge is -1.91. The lowest BCUT2D eigenvalue weighted by molar-refractivity contribution is 0.0691. The van der Waals surface area contributed by atoms with Crippen LogP contribution >= 0.6 is 11.8 Å². The van der Waals surface area contributed by atoms with E-state index < -0.39 is 5.97 Å². The number of nitrogens with zero attached hydrogens (tertiary/aromatic N) is 1. The lowest BCUT2D eigenvalue weighted by atomic mass is 10.5. The number of thioether (sulfide) groups is 1. The molecule has 5 heteroatoms. The number of aromatic carboxylic acids is 1. The molecular formula is C7H10N2O2S. The van der Waals surface area contributed by atoms with Gasteiger partial charge in [0.05, 0.1) is 6.20 Å². The summed E-state index contributed by atoms with van der Waals surface area (Å²) in [6.07, 6.45) is 4.13. The van der Waals surface area contributed by atoms with Crippen LogP contribution in [-0.4, -0.2) is 33.1 Å². The second kappa shape index (κ2) is 4.15. The third-order valence-corrected chi connectivity index (χ3v) is 2.01. The Morgan fingerprint density at radius 2 is 2.58 bits per heavy atom. The lowest BCUT2D eigenvalue weighted by Crippen LogP contribution is -1.97. The topological polar surface area (TPSA) is 66.0 Å². The van der Waals surface area contributed by atoms with Crippen molar-refractivity contribution in [2.45, 2.75) is 6.42 Å². The van der Waals surface area contributed by atoms with Gasteiger partial charge < -0.3 is 10.1 Å². The zero-order valence-corrected chi connectivity index (χ0v) is 7.52. The third-order valence-electron chi connectivity index (χ3n) is 1.40. The van der Waals surface area contributed by atoms with Crippen molar-refractivity contribution < 1.29 is 9.90 Å². The highest BCUT2D eigenvalue weighted by molar-refractivity contribution is 7.98. The molecule has 0 unspecified atom stereocenters. The third kappa shape index (κ3) is 2.27. The maximum absolute atomic E-state index is 10.4. The van der Waals surface area contributed by atoms with Crippen LogP contribution in [0.1, 0.15) is 16.3 Å². The summed E-state index contributed by atoms with van der Waals surface area (Å²) in [5.41, 5.74) is 0.158. The van der Waals surface area contributed by atoms with Gasteiger partial charge in [-0.05, 0) is 6.26 Å². The number of carboxylic acid groups (broad SMARTS) is 1. The average Bonchev–Trinajstić information content (AvgIpc) is 2.48. The number of aryl methyl sites for hydroxylation is 1. The fourth-order valence-electron chi connectivity index (χ4n) is 0.797. The van der Waals surface area contributed by atoms with Crippen LogP contribution < -0.4 is 0 Å². The van der Waals surface area contributed by atoms with Gasteiger partial charge in [-0.2, -0.15) is 11.8 Å². The monoisotopic (exact) mass is 186 g/mol. The van der Waals surface area contributed by atoms with Crippen LogP contribution in [0.25, 0.3) is 0 Å². The first-order chi connectivity index (χ1) is 5.74. The summed E-state index contributed by atoms with van der Waals surface area (Å²) < 4.78 is 0. The smallest absolute Gasteiger partial charge is 0.353 e. The number of aromatic nitrogens is 2. The molecule has 0 aliphatic heterocycles. The fourth-order valence-corrected chi connectivity index (χ4v) is 1.19. The number of nitrogens with one attached hydrogen (secondary N) is 1. The van der Waals surface area contributed by atoms with Crippen LogP contribution in [0, 0.1) is 0 Å². The van der Waals surface area contributed by atoms with E-state index in [1.807, 2.05) is 6.26 Å². The maximum atomic E-state index is 10.4. The first-order valence-corrected chi connectivity index (χ1v) is 4.89. The zero-order valence-electron chi connectivity index (χ0n) is 6.70. The van der Waals surface area contributed by atoms with Crippen molar-refractivity contribution in [1.82, 2.24) is 9.97 Å². The van der Waals surface area contributed by atoms with Crippen LogP contribution in [0.15, 0.2) is 6.20 Å². The molecule has 0 radical (unpaired) electrons. The number of carbonyl (C=O) groups is 1. The van der Waals surface area contributed by atoms with Crippen molar-refractivity contribution in [2.24, 2.45) is 0 Å². The summed E-state index contributed by atoms with van der Waals surface area (Å²) in [5.74, 6) is 0.728. The highest BCUT2D eigenvalue weighted by Gasteiger charge is 2.05. The highest BCUT2D eigenvalue weighted by Crippen LogP contribution is 2.01. The van der Waals surface area contributed by atoms with E-state index in [1.165, 1.54) is 6.20 Å². The summed E-state index contributed by atoms with van der Waals surface area (Å²) in [6, 6.07) is 0. The quantitative estimate of drug-likeness (QED) is 0.736. The van der Waals surface area contributed by atoms with Crippen molar-refractivity contribution in [1.29, 1.82) is 0 Å². The Balaban J connectivity index is 2.58. The molecule has 0 saturated heterocycles. The number of H-pyrrole nitrogens is 1. The summed E-state index contributed by atoms with van der Waals surface area (Å²) in [5, 5.41) is 8.55. The van der Waals surface area contributed by atoms with Gasteiger partial charge in [-0.1, -0.05) is 0 Å². The molecule has 0 atom stereocenters. The molecule has 0 amide bonds. The number of hydrogen-bond donors (Lipinski definition) is 2. The van der Waals surface area contributed by atoms with Crippen molar-refractivity contribution in [3.05, 3.63) is 17.7 Å². The molecule has 66 valence electrons. The van der Waals surface area contributed by atoms with Gasteiger partial charge in [0.1, 0.15) is 11.5 Å². The van der Waals surface area contributed by atoms with E-state index in [-0.39, 0.29) is 5.69 Å². The average molecular weight is 186 g/mol. The minimum atomic E-state index is -0.960. The van der Waals surface area contributed by atoms with Gasteiger partial charge in [-0.25, -0.2) is 9.78 Å². The zero-order chi connectivity index (χ0) is 8.97. The van der Waals surface area contributed by atoms with Gasteiger partial charge in [0.25, 0.3) is 0 Å². The van der Waals surface area contributed by atoms with Crippen LogP contribution in [0.4, 0.5) is 0 Å². The van der Waals surface area contributed by atoms with E-state index in [1.54, 1.807) is 11.8 Å². The number of carboxylic acids is 1. The largest absolute Gasteiger partial charge is 0.477 e. The molecule has 1 heterocycles. The Bertz CT molecular complexity index is 272. The van der Waals surface area contributed by atoms with Gasteiger partial charge in [-0.15, -0.1) is 0 Å². The molecular weight excluding hydrogens is 176 g/mol. The molecule has 1 rings (SSSR count). The van der Waals surface area contributed by atoms with Crippen LogP contribution in [0.2, 0.25) is 0 Å². The standard InChI is InChI=1S/C7H10N2O2S/c1-12-3-2-6-8-4-5(9-6)7(10)11/h4H,2-3H2,1H3,(H,8,9)(H,10,11). The predicted octanol–water partition coefficient (Wildman–Crippen LogP) is 1.01. The second-order valence-corrected chi connectivity index (χ2v) is 3.28. The van der Waals surface area contributed by atoms with Gasteiger partial charge >= 0.3 is 5.97 Å². The molecule has 0 fully saturated rings. The molecule has 12 heavy (non-hydrogen) atoms. The number of aromatic amines is 1. The van der Waals surface area contributed by atoms with Gasteiger partial charge in [0.15, 0.2) is 0 Å². The molecule has 4 nitrogen and oxygen atoms in total. The summed E-state index contributed by atoms with van der Waals surface area (Å²) in [6.45, 7) is 0. The molecule has 0 spiro atoms. The molecule has 2 N–H and O–H groups in total. The number of rotatable bonds is 4. The van der Waals surface area contributed by atoms with E-state index in [9.17, 15) is 4.79 Å². The maximum Gasteiger partial charge on any atom is 0.353 e. The normalized spacial score (nSPS) is 10.1. The first kappa shape index (κ1) is 9.12.